The molecule has 1 aromatic heterocycles. The summed E-state index contributed by atoms with van der Waals surface area (Å²) < 4.78 is 20.2. The van der Waals surface area contributed by atoms with Crippen LogP contribution in [-0.2, 0) is 9.53 Å². The second-order valence-corrected chi connectivity index (χ2v) is 7.46. The first-order valence-electron chi connectivity index (χ1n) is 10.5. The van der Waals surface area contributed by atoms with E-state index in [0.717, 1.165) is 32.4 Å². The van der Waals surface area contributed by atoms with Crippen LogP contribution in [-0.4, -0.2) is 41.2 Å². The molecule has 0 aliphatic carbocycles. The Morgan fingerprint density at radius 3 is 2.53 bits per heavy atom. The van der Waals surface area contributed by atoms with Gasteiger partial charge in [0.2, 0.25) is 5.95 Å². The van der Waals surface area contributed by atoms with Crippen molar-refractivity contribution in [3.8, 4) is 0 Å². The maximum Gasteiger partial charge on any atom is 0.311 e. The number of piperidine rings is 1. The van der Waals surface area contributed by atoms with Crippen molar-refractivity contribution in [1.29, 1.82) is 0 Å². The average Bonchev–Trinajstić information content (AvgIpc) is 2.75. The van der Waals surface area contributed by atoms with Crippen molar-refractivity contribution < 1.29 is 19.0 Å². The van der Waals surface area contributed by atoms with E-state index in [9.17, 15) is 9.90 Å². The van der Waals surface area contributed by atoms with E-state index >= 15 is 4.39 Å². The first kappa shape index (κ1) is 23.6. The van der Waals surface area contributed by atoms with E-state index in [2.05, 4.69) is 21.4 Å². The van der Waals surface area contributed by atoms with Crippen LogP contribution in [0.3, 0.4) is 0 Å². The Morgan fingerprint density at radius 2 is 2.00 bits per heavy atom. The van der Waals surface area contributed by atoms with Gasteiger partial charge in [-0.25, -0.2) is 14.4 Å². The summed E-state index contributed by atoms with van der Waals surface area (Å²) in [5.41, 5.74) is 1.27. The molecule has 1 aliphatic heterocycles. The molecule has 2 rings (SSSR count). The highest BCUT2D eigenvalue weighted by molar-refractivity contribution is 5.83. The number of hydrogen-bond donors (Lipinski definition) is 1. The lowest BCUT2D eigenvalue weighted by Gasteiger charge is -2.28. The first-order valence-corrected chi connectivity index (χ1v) is 10.5. The highest BCUT2D eigenvalue weighted by Crippen LogP contribution is 2.35. The number of halogens is 1. The zero-order valence-corrected chi connectivity index (χ0v) is 18.4. The lowest BCUT2D eigenvalue weighted by Crippen LogP contribution is -2.32. The number of aryl methyl sites for hydroxylation is 1. The van der Waals surface area contributed by atoms with Gasteiger partial charge in [0.25, 0.3) is 0 Å². The van der Waals surface area contributed by atoms with E-state index in [1.165, 1.54) is 13.2 Å². The van der Waals surface area contributed by atoms with E-state index in [0.29, 0.717) is 35.8 Å². The highest BCUT2D eigenvalue weighted by atomic mass is 19.1. The monoisotopic (exact) mass is 417 g/mol. The third kappa shape index (κ3) is 5.46. The number of nitrogens with zero attached hydrogens (tertiary/aromatic N) is 3. The molecule has 1 aromatic rings. The third-order valence-electron chi connectivity index (χ3n) is 5.35. The van der Waals surface area contributed by atoms with Crippen LogP contribution in [0.1, 0.15) is 68.8 Å². The van der Waals surface area contributed by atoms with Crippen molar-refractivity contribution in [3.05, 3.63) is 47.3 Å². The molecule has 0 radical (unpaired) electrons. The van der Waals surface area contributed by atoms with E-state index in [1.807, 2.05) is 6.92 Å². The Bertz CT molecular complexity index is 842. The number of hydrogen-bond acceptors (Lipinski definition) is 5. The van der Waals surface area contributed by atoms with Crippen LogP contribution in [0.5, 0.6) is 0 Å². The third-order valence-corrected chi connectivity index (χ3v) is 5.35. The smallest absolute Gasteiger partial charge is 0.311 e. The van der Waals surface area contributed by atoms with Gasteiger partial charge in [0.15, 0.2) is 0 Å². The second kappa shape index (κ2) is 10.9. The maximum atomic E-state index is 15.1. The quantitative estimate of drug-likeness (QED) is 0.442. The number of aromatic nitrogens is 2. The Kier molecular flexibility index (Phi) is 8.57. The summed E-state index contributed by atoms with van der Waals surface area (Å²) in [6.45, 7) is 11.0. The van der Waals surface area contributed by atoms with Crippen molar-refractivity contribution in [2.45, 2.75) is 58.8 Å². The summed E-state index contributed by atoms with van der Waals surface area (Å²) in [4.78, 5) is 23.3. The van der Waals surface area contributed by atoms with Crippen LogP contribution in [0.4, 0.5) is 10.3 Å². The molecule has 0 spiro atoms. The highest BCUT2D eigenvalue weighted by Gasteiger charge is 2.29. The zero-order valence-electron chi connectivity index (χ0n) is 18.4. The molecule has 7 heteroatoms. The van der Waals surface area contributed by atoms with E-state index < -0.39 is 17.7 Å². The number of aliphatic carboxylic acids is 1. The van der Waals surface area contributed by atoms with Gasteiger partial charge >= 0.3 is 5.97 Å². The fourth-order valence-corrected chi connectivity index (χ4v) is 3.71. The number of carboxylic acids is 1. The average molecular weight is 418 g/mol. The molecule has 1 fully saturated rings. The fraction of sp³-hybridized carbons (Fsp3) is 0.522. The largest absolute Gasteiger partial charge is 0.497 e. The van der Waals surface area contributed by atoms with Crippen LogP contribution in [0.25, 0.3) is 5.57 Å². The predicted octanol–water partition coefficient (Wildman–Crippen LogP) is 5.16. The van der Waals surface area contributed by atoms with Crippen LogP contribution in [0, 0.1) is 6.92 Å². The molecule has 1 atom stereocenters. The van der Waals surface area contributed by atoms with Crippen LogP contribution in [0.2, 0.25) is 0 Å². The van der Waals surface area contributed by atoms with Crippen LogP contribution in [0.15, 0.2) is 30.3 Å². The van der Waals surface area contributed by atoms with Gasteiger partial charge in [-0.05, 0) is 45.6 Å². The van der Waals surface area contributed by atoms with E-state index in [-0.39, 0.29) is 11.3 Å². The Balaban J connectivity index is 2.63. The molecule has 0 aromatic carbocycles. The number of rotatable bonds is 9. The molecule has 0 bridgehead atoms. The molecular weight excluding hydrogens is 385 g/mol. The van der Waals surface area contributed by atoms with Gasteiger partial charge in [-0.2, -0.15) is 0 Å². The fourth-order valence-electron chi connectivity index (χ4n) is 3.71. The number of anilines is 1. The topological polar surface area (TPSA) is 75.5 Å². The van der Waals surface area contributed by atoms with Gasteiger partial charge in [-0.3, -0.25) is 4.79 Å². The van der Waals surface area contributed by atoms with Crippen molar-refractivity contribution in [3.63, 3.8) is 0 Å². The molecular formula is C23H32FN3O3. The van der Waals surface area contributed by atoms with Gasteiger partial charge in [-0.1, -0.05) is 19.9 Å². The van der Waals surface area contributed by atoms with Gasteiger partial charge < -0.3 is 14.7 Å². The minimum atomic E-state index is -0.973. The van der Waals surface area contributed by atoms with E-state index in [1.54, 1.807) is 19.9 Å². The summed E-state index contributed by atoms with van der Waals surface area (Å²) >= 11 is 0. The number of allylic oxidation sites excluding steroid dienone is 4. The predicted molar refractivity (Wildman–Crippen MR) is 117 cm³/mol. The minimum Gasteiger partial charge on any atom is -0.497 e. The number of ether oxygens (including phenoxy) is 1. The molecule has 1 aliphatic rings. The summed E-state index contributed by atoms with van der Waals surface area (Å²) in [6, 6.07) is 0. The lowest BCUT2D eigenvalue weighted by atomic mass is 9.89. The Hall–Kier alpha value is -2.70. The zero-order chi connectivity index (χ0) is 22.3. The summed E-state index contributed by atoms with van der Waals surface area (Å²) in [5, 5.41) is 9.83. The second-order valence-electron chi connectivity index (χ2n) is 7.46. The van der Waals surface area contributed by atoms with Crippen molar-refractivity contribution in [1.82, 2.24) is 9.97 Å². The summed E-state index contributed by atoms with van der Waals surface area (Å²) in [6.07, 6.45) is 7.19. The number of carbonyl (C=O) groups is 1. The molecule has 164 valence electrons. The SMILES string of the molecule is C=C(/C(F)=C\C(=C/C)OC)c1nc(N2CCCCC2)nc(C)c1C(CCC)C(=O)O. The molecule has 2 heterocycles. The molecule has 1 N–H and O–H groups in total. The maximum absolute atomic E-state index is 15.1. The molecule has 1 unspecified atom stereocenters. The standard InChI is InChI=1S/C23H32FN3O3/c1-6-11-18(22(28)29)20-16(4)25-23(27-12-9-8-10-13-27)26-21(20)15(3)19(24)14-17(7-2)30-5/h7,14,18H,3,6,8-13H2,1-2,4-5H3,(H,28,29)/b17-7+,19-14+. The lowest BCUT2D eigenvalue weighted by molar-refractivity contribution is -0.139. The van der Waals surface area contributed by atoms with Crippen LogP contribution >= 0.6 is 0 Å². The first-order chi connectivity index (χ1) is 14.3. The summed E-state index contributed by atoms with van der Waals surface area (Å²) in [7, 11) is 1.46. The van der Waals surface area contributed by atoms with Gasteiger partial charge in [-0.15, -0.1) is 0 Å². The van der Waals surface area contributed by atoms with Gasteiger partial charge in [0.1, 0.15) is 11.6 Å². The van der Waals surface area contributed by atoms with Crippen LogP contribution < -0.4 is 4.90 Å². The van der Waals surface area contributed by atoms with Crippen molar-refractivity contribution in [2.24, 2.45) is 0 Å². The van der Waals surface area contributed by atoms with Gasteiger partial charge in [0.05, 0.1) is 18.7 Å². The minimum absolute atomic E-state index is 0.0347. The number of methoxy groups -OCH3 is 1. The molecule has 0 amide bonds. The summed E-state index contributed by atoms with van der Waals surface area (Å²) in [5.74, 6) is -1.57. The van der Waals surface area contributed by atoms with E-state index in [4.69, 9.17) is 4.74 Å². The Labute approximate surface area is 178 Å². The molecule has 1 saturated heterocycles. The molecule has 6 nitrogen and oxygen atoms in total. The van der Waals surface area contributed by atoms with Gasteiger partial charge in [0, 0.05) is 36.0 Å². The number of carboxylic acid groups (broad SMARTS) is 1. The molecule has 0 saturated carbocycles. The molecule has 30 heavy (non-hydrogen) atoms. The Morgan fingerprint density at radius 1 is 1.33 bits per heavy atom. The normalized spacial score (nSPS) is 16.4. The van der Waals surface area contributed by atoms with Crippen molar-refractivity contribution in [2.75, 3.05) is 25.1 Å². The van der Waals surface area contributed by atoms with Crippen molar-refractivity contribution >= 4 is 17.5 Å².